The zero-order valence-corrected chi connectivity index (χ0v) is 22.3. The third kappa shape index (κ3) is 4.52. The summed E-state index contributed by atoms with van der Waals surface area (Å²) in [7, 11) is 0. The molecule has 1 aromatic carbocycles. The highest BCUT2D eigenvalue weighted by Gasteiger charge is 2.56. The van der Waals surface area contributed by atoms with Gasteiger partial charge in [0.05, 0.1) is 5.56 Å². The van der Waals surface area contributed by atoms with E-state index in [1.807, 2.05) is 20.8 Å². The number of carbonyl (C=O) groups excluding carboxylic acids is 2. The molecule has 1 aromatic rings. The Morgan fingerprint density at radius 2 is 1.78 bits per heavy atom. The smallest absolute Gasteiger partial charge is 0.329 e. The maximum Gasteiger partial charge on any atom is 0.329 e. The Morgan fingerprint density at radius 1 is 1.08 bits per heavy atom. The van der Waals surface area contributed by atoms with E-state index < -0.39 is 29.3 Å². The summed E-state index contributed by atoms with van der Waals surface area (Å²) in [6.07, 6.45) is 8.71. The molecule has 0 aromatic heterocycles. The van der Waals surface area contributed by atoms with Gasteiger partial charge in [0.25, 0.3) is 5.91 Å². The van der Waals surface area contributed by atoms with Gasteiger partial charge in [0, 0.05) is 17.5 Å². The van der Waals surface area contributed by atoms with Gasteiger partial charge in [-0.2, -0.15) is 0 Å². The van der Waals surface area contributed by atoms with Gasteiger partial charge < -0.3 is 14.4 Å². The van der Waals surface area contributed by atoms with Crippen molar-refractivity contribution in [3.63, 3.8) is 0 Å². The molecule has 1 aliphatic heterocycles. The van der Waals surface area contributed by atoms with E-state index in [9.17, 15) is 9.59 Å². The molecule has 5 nitrogen and oxygen atoms in total. The van der Waals surface area contributed by atoms with Crippen LogP contribution in [0.3, 0.4) is 0 Å². The molecule has 0 spiro atoms. The molecule has 7 heteroatoms. The lowest BCUT2D eigenvalue weighted by Gasteiger charge is -2.57. The number of halogens is 2. The second-order valence-electron chi connectivity index (χ2n) is 13.0. The fraction of sp³-hybridized carbons (Fsp3) is 0.724. The molecular formula is C29H37ClFNO4. The second-order valence-corrected chi connectivity index (χ2v) is 13.8. The van der Waals surface area contributed by atoms with Crippen molar-refractivity contribution in [3.05, 3.63) is 29.1 Å². The van der Waals surface area contributed by atoms with E-state index in [-0.39, 0.29) is 16.5 Å². The summed E-state index contributed by atoms with van der Waals surface area (Å²) in [5.74, 6) is 0.989. The third-order valence-corrected chi connectivity index (χ3v) is 9.38. The minimum absolute atomic E-state index is 0.0319. The summed E-state index contributed by atoms with van der Waals surface area (Å²) in [5.41, 5.74) is 0.324. The number of alkyl halides is 1. The number of carbonyl (C=O) groups is 2. The first-order valence-corrected chi connectivity index (χ1v) is 14.1. The average Bonchev–Trinajstić information content (AvgIpc) is 3.48. The van der Waals surface area contributed by atoms with Crippen molar-refractivity contribution in [1.82, 2.24) is 4.90 Å². The molecule has 6 aliphatic rings. The average molecular weight is 518 g/mol. The van der Waals surface area contributed by atoms with Gasteiger partial charge in [0.2, 0.25) is 0 Å². The number of amides is 1. The topological polar surface area (TPSA) is 55.8 Å². The molecule has 6 fully saturated rings. The summed E-state index contributed by atoms with van der Waals surface area (Å²) in [4.78, 5) is 27.7. The Hall–Kier alpha value is -1.82. The molecule has 36 heavy (non-hydrogen) atoms. The standard InChI is InChI=1S/C29H37ClFNO4/c1-28(2,3)36-27(34)23-5-4-8-32(23)26(33)21-11-20(17-6-7-17)24(12-22(21)31)35-25-18-9-16-10-19(25)15-29(30,13-16)14-18/h11-12,16-19,23,25H,4-10,13-15H2,1-3H3/t16?,18?,19?,23-,25?,29?/m0/s1. The summed E-state index contributed by atoms with van der Waals surface area (Å²) in [6, 6.07) is 2.46. The molecular weight excluding hydrogens is 481 g/mol. The van der Waals surface area contributed by atoms with Gasteiger partial charge in [0.1, 0.15) is 29.3 Å². The van der Waals surface area contributed by atoms with Gasteiger partial charge in [-0.25, -0.2) is 9.18 Å². The Morgan fingerprint density at radius 3 is 2.39 bits per heavy atom. The first kappa shape index (κ1) is 24.5. The minimum atomic E-state index is -0.674. The predicted octanol–water partition coefficient (Wildman–Crippen LogP) is 6.21. The number of nitrogens with zero attached hydrogens (tertiary/aromatic N) is 1. The molecule has 4 bridgehead atoms. The molecule has 5 saturated carbocycles. The van der Waals surface area contributed by atoms with Gasteiger partial charge in [-0.05, 0) is 114 Å². The van der Waals surface area contributed by atoms with Crippen LogP contribution in [0.1, 0.15) is 100 Å². The minimum Gasteiger partial charge on any atom is -0.489 e. The van der Waals surface area contributed by atoms with E-state index in [2.05, 4.69) is 0 Å². The Balaban J connectivity index is 1.25. The maximum atomic E-state index is 15.5. The van der Waals surface area contributed by atoms with E-state index in [1.54, 1.807) is 6.07 Å². The van der Waals surface area contributed by atoms with Crippen LogP contribution in [-0.4, -0.2) is 45.9 Å². The lowest BCUT2D eigenvalue weighted by Crippen LogP contribution is -2.56. The Labute approximate surface area is 218 Å². The van der Waals surface area contributed by atoms with E-state index >= 15 is 4.39 Å². The number of hydrogen-bond donors (Lipinski definition) is 0. The molecule has 1 amide bonds. The highest BCUT2D eigenvalue weighted by atomic mass is 35.5. The first-order valence-electron chi connectivity index (χ1n) is 13.7. The van der Waals surface area contributed by atoms with Gasteiger partial charge in [-0.1, -0.05) is 0 Å². The van der Waals surface area contributed by atoms with Crippen molar-refractivity contribution < 1.29 is 23.5 Å². The number of hydrogen-bond acceptors (Lipinski definition) is 4. The van der Waals surface area contributed by atoms with Crippen molar-refractivity contribution in [1.29, 1.82) is 0 Å². The van der Waals surface area contributed by atoms with E-state index in [0.717, 1.165) is 50.5 Å². The number of likely N-dealkylation sites (tertiary alicyclic amines) is 1. The fourth-order valence-corrected chi connectivity index (χ4v) is 8.16. The van der Waals surface area contributed by atoms with Crippen LogP contribution in [0.4, 0.5) is 4.39 Å². The van der Waals surface area contributed by atoms with Crippen molar-refractivity contribution in [2.75, 3.05) is 6.54 Å². The van der Waals surface area contributed by atoms with Crippen LogP contribution in [-0.2, 0) is 9.53 Å². The molecule has 0 N–H and O–H groups in total. The van der Waals surface area contributed by atoms with Crippen molar-refractivity contribution in [2.45, 2.75) is 107 Å². The van der Waals surface area contributed by atoms with Gasteiger partial charge in [-0.15, -0.1) is 11.6 Å². The largest absolute Gasteiger partial charge is 0.489 e. The van der Waals surface area contributed by atoms with Gasteiger partial charge >= 0.3 is 5.97 Å². The maximum absolute atomic E-state index is 15.5. The number of ether oxygens (including phenoxy) is 2. The zero-order chi connectivity index (χ0) is 25.4. The van der Waals surface area contributed by atoms with Gasteiger partial charge in [-0.3, -0.25) is 4.79 Å². The van der Waals surface area contributed by atoms with Crippen LogP contribution in [0, 0.1) is 23.6 Å². The summed E-state index contributed by atoms with van der Waals surface area (Å²) in [6.45, 7) is 5.85. The van der Waals surface area contributed by atoms with Crippen molar-refractivity contribution in [3.8, 4) is 5.75 Å². The highest BCUT2D eigenvalue weighted by Crippen LogP contribution is 2.59. The van der Waals surface area contributed by atoms with Crippen LogP contribution in [0.5, 0.6) is 5.75 Å². The normalized spacial score (nSPS) is 35.2. The summed E-state index contributed by atoms with van der Waals surface area (Å²) in [5, 5.41) is 0. The number of benzene rings is 1. The van der Waals surface area contributed by atoms with E-state index in [1.165, 1.54) is 11.0 Å². The number of esters is 1. The molecule has 7 rings (SSSR count). The Bertz CT molecular complexity index is 1060. The van der Waals surface area contributed by atoms with E-state index in [0.29, 0.717) is 48.8 Å². The molecule has 3 atom stereocenters. The summed E-state index contributed by atoms with van der Waals surface area (Å²) >= 11 is 6.91. The molecule has 1 heterocycles. The number of rotatable bonds is 5. The summed E-state index contributed by atoms with van der Waals surface area (Å²) < 4.78 is 27.7. The lowest BCUT2D eigenvalue weighted by molar-refractivity contribution is -0.159. The second kappa shape index (κ2) is 8.61. The third-order valence-electron chi connectivity index (χ3n) is 8.91. The van der Waals surface area contributed by atoms with Crippen LogP contribution >= 0.6 is 11.6 Å². The van der Waals surface area contributed by atoms with Gasteiger partial charge in [0.15, 0.2) is 0 Å². The molecule has 5 aliphatic carbocycles. The van der Waals surface area contributed by atoms with Crippen LogP contribution in [0.25, 0.3) is 0 Å². The van der Waals surface area contributed by atoms with Crippen LogP contribution in [0.2, 0.25) is 0 Å². The fourth-order valence-electron chi connectivity index (χ4n) is 7.55. The van der Waals surface area contributed by atoms with Crippen LogP contribution in [0.15, 0.2) is 12.1 Å². The highest BCUT2D eigenvalue weighted by molar-refractivity contribution is 6.24. The Kier molecular flexibility index (Phi) is 5.86. The SMILES string of the molecule is CC(C)(C)OC(=O)[C@@H]1CCCN1C(=O)c1cc(C2CC2)c(OC2C3CC4CC2CC(Cl)(C4)C3)cc1F. The predicted molar refractivity (Wildman–Crippen MR) is 135 cm³/mol. The lowest BCUT2D eigenvalue weighted by atomic mass is 9.54. The van der Waals surface area contributed by atoms with Crippen molar-refractivity contribution >= 4 is 23.5 Å². The molecule has 196 valence electrons. The van der Waals surface area contributed by atoms with E-state index in [4.69, 9.17) is 21.1 Å². The molecule has 1 saturated heterocycles. The molecule has 2 unspecified atom stereocenters. The zero-order valence-electron chi connectivity index (χ0n) is 21.5. The van der Waals surface area contributed by atoms with Crippen molar-refractivity contribution in [2.24, 2.45) is 17.8 Å². The monoisotopic (exact) mass is 517 g/mol. The first-order chi connectivity index (χ1) is 17.0. The quantitative estimate of drug-likeness (QED) is 0.344. The molecule has 0 radical (unpaired) electrons. The van der Waals surface area contributed by atoms with Crippen LogP contribution < -0.4 is 4.74 Å².